The maximum absolute atomic E-state index is 14.6. The molecule has 3 atom stereocenters. The van der Waals surface area contributed by atoms with Gasteiger partial charge in [-0.25, -0.2) is 13.8 Å². The highest BCUT2D eigenvalue weighted by atomic mass is 19.1. The number of H-pyrrole nitrogens is 1. The Morgan fingerprint density at radius 2 is 1.94 bits per heavy atom. The van der Waals surface area contributed by atoms with Crippen molar-refractivity contribution in [1.82, 2.24) is 15.0 Å². The van der Waals surface area contributed by atoms with E-state index in [1.807, 2.05) is 6.07 Å². The maximum atomic E-state index is 14.6. The minimum Gasteiger partial charge on any atom is -0.380 e. The lowest BCUT2D eigenvalue weighted by molar-refractivity contribution is 0.00821. The number of imidazole rings is 1. The molecule has 1 saturated carbocycles. The molecule has 2 fully saturated rings. The predicted molar refractivity (Wildman–Crippen MR) is 136 cm³/mol. The molecule has 0 spiro atoms. The quantitative estimate of drug-likeness (QED) is 0.337. The molecule has 2 aromatic heterocycles. The highest BCUT2D eigenvalue weighted by Gasteiger charge is 2.27. The van der Waals surface area contributed by atoms with Crippen LogP contribution in [0.25, 0.3) is 6.08 Å². The Labute approximate surface area is 208 Å². The van der Waals surface area contributed by atoms with Crippen molar-refractivity contribution in [2.45, 2.75) is 44.1 Å². The van der Waals surface area contributed by atoms with Gasteiger partial charge in [-0.15, -0.1) is 0 Å². The molecule has 1 aromatic carbocycles. The van der Waals surface area contributed by atoms with Crippen LogP contribution < -0.4 is 11.1 Å². The Bertz CT molecular complexity index is 1250. The van der Waals surface area contributed by atoms with Gasteiger partial charge in [-0.3, -0.25) is 4.98 Å². The highest BCUT2D eigenvalue weighted by Crippen LogP contribution is 2.38. The minimum absolute atomic E-state index is 0.00210. The van der Waals surface area contributed by atoms with E-state index in [-0.39, 0.29) is 23.2 Å². The van der Waals surface area contributed by atoms with E-state index in [2.05, 4.69) is 27.2 Å². The van der Waals surface area contributed by atoms with E-state index in [4.69, 9.17) is 15.9 Å². The first-order valence-corrected chi connectivity index (χ1v) is 12.2. The average Bonchev–Trinajstić information content (AvgIpc) is 3.23. The number of nitrogens with two attached hydrogens (primary N) is 1. The van der Waals surface area contributed by atoms with Crippen LogP contribution in [0.3, 0.4) is 0 Å². The number of hydrogen-bond acceptors (Lipinski definition) is 6. The summed E-state index contributed by atoms with van der Waals surface area (Å²) < 4.78 is 34.3. The first kappa shape index (κ1) is 24.3. The molecule has 0 bridgehead atoms. The Morgan fingerprint density at radius 1 is 1.17 bits per heavy atom. The molecule has 3 heterocycles. The van der Waals surface area contributed by atoms with Crippen molar-refractivity contribution in [3.8, 4) is 0 Å². The van der Waals surface area contributed by atoms with Gasteiger partial charge in [-0.05, 0) is 72.6 Å². The van der Waals surface area contributed by atoms with Gasteiger partial charge in [0.25, 0.3) is 0 Å². The fraction of sp³-hybridized carbons (Fsp3) is 0.370. The molecular formula is C27H30F2N6O. The third-order valence-electron chi connectivity index (χ3n) is 7.00. The van der Waals surface area contributed by atoms with E-state index < -0.39 is 11.6 Å². The highest BCUT2D eigenvalue weighted by molar-refractivity contribution is 6.09. The summed E-state index contributed by atoms with van der Waals surface area (Å²) in [5.41, 5.74) is 8.83. The van der Waals surface area contributed by atoms with Crippen molar-refractivity contribution >= 4 is 23.4 Å². The van der Waals surface area contributed by atoms with Gasteiger partial charge in [-0.1, -0.05) is 6.92 Å². The summed E-state index contributed by atoms with van der Waals surface area (Å²) in [7, 11) is 0. The van der Waals surface area contributed by atoms with E-state index in [0.29, 0.717) is 42.3 Å². The average molecular weight is 493 g/mol. The van der Waals surface area contributed by atoms with Crippen LogP contribution >= 0.6 is 0 Å². The number of aromatic nitrogens is 3. The molecule has 36 heavy (non-hydrogen) atoms. The Morgan fingerprint density at radius 3 is 2.64 bits per heavy atom. The molecule has 1 aliphatic heterocycles. The second kappa shape index (κ2) is 10.3. The molecule has 188 valence electrons. The van der Waals surface area contributed by atoms with Gasteiger partial charge < -0.3 is 26.2 Å². The van der Waals surface area contributed by atoms with Crippen LogP contribution in [0.4, 0.5) is 20.4 Å². The summed E-state index contributed by atoms with van der Waals surface area (Å²) in [4.78, 5) is 11.7. The van der Waals surface area contributed by atoms with E-state index >= 15 is 0 Å². The molecule has 3 unspecified atom stereocenters. The predicted octanol–water partition coefficient (Wildman–Crippen LogP) is 5.25. The number of nitrogens with zero attached hydrogens (tertiary/aromatic N) is 2. The number of anilines is 2. The first-order valence-electron chi connectivity index (χ1n) is 12.2. The second-order valence-electron chi connectivity index (χ2n) is 9.89. The van der Waals surface area contributed by atoms with Gasteiger partial charge in [0, 0.05) is 18.2 Å². The molecule has 3 aromatic rings. The first-order chi connectivity index (χ1) is 17.4. The van der Waals surface area contributed by atoms with Gasteiger partial charge in [-0.2, -0.15) is 0 Å². The van der Waals surface area contributed by atoms with Crippen molar-refractivity contribution in [3.63, 3.8) is 0 Å². The SMILES string of the molecule is CC1CC(N)CC(c2ccncc2Nc2ncc(/C=C\C(=N)c3c(F)cc(C4COC4)cc3F)[nH]2)C1. The van der Waals surface area contributed by atoms with Crippen molar-refractivity contribution in [1.29, 1.82) is 5.41 Å². The third-order valence-corrected chi connectivity index (χ3v) is 7.00. The number of hydrogen-bond donors (Lipinski definition) is 4. The van der Waals surface area contributed by atoms with Crippen LogP contribution in [0.15, 0.2) is 42.9 Å². The summed E-state index contributed by atoms with van der Waals surface area (Å²) in [5.74, 6) is -0.0837. The van der Waals surface area contributed by atoms with Gasteiger partial charge in [0.15, 0.2) is 0 Å². The number of allylic oxidation sites excluding steroid dienone is 1. The number of aromatic amines is 1. The van der Waals surface area contributed by atoms with Gasteiger partial charge >= 0.3 is 0 Å². The van der Waals surface area contributed by atoms with E-state index in [1.165, 1.54) is 18.2 Å². The van der Waals surface area contributed by atoms with Gasteiger partial charge in [0.2, 0.25) is 5.95 Å². The van der Waals surface area contributed by atoms with Crippen molar-refractivity contribution in [2.75, 3.05) is 18.5 Å². The Kier molecular flexibility index (Phi) is 6.93. The summed E-state index contributed by atoms with van der Waals surface area (Å²) in [6.07, 6.45) is 11.1. The third kappa shape index (κ3) is 5.22. The molecule has 2 aliphatic rings. The molecule has 9 heteroatoms. The zero-order chi connectivity index (χ0) is 25.2. The molecule has 5 N–H and O–H groups in total. The van der Waals surface area contributed by atoms with Crippen LogP contribution in [0, 0.1) is 23.0 Å². The van der Waals surface area contributed by atoms with Crippen LogP contribution in [-0.4, -0.2) is 39.9 Å². The van der Waals surface area contributed by atoms with Crippen molar-refractivity contribution < 1.29 is 13.5 Å². The van der Waals surface area contributed by atoms with E-state index in [0.717, 1.165) is 30.5 Å². The lowest BCUT2D eigenvalue weighted by atomic mass is 9.76. The zero-order valence-electron chi connectivity index (χ0n) is 20.1. The van der Waals surface area contributed by atoms with Crippen molar-refractivity contribution in [3.05, 3.63) is 76.9 Å². The molecular weight excluding hydrogens is 462 g/mol. The number of pyridine rings is 1. The second-order valence-corrected chi connectivity index (χ2v) is 9.89. The van der Waals surface area contributed by atoms with E-state index in [9.17, 15) is 8.78 Å². The number of benzene rings is 1. The van der Waals surface area contributed by atoms with Gasteiger partial charge in [0.05, 0.1) is 48.3 Å². The summed E-state index contributed by atoms with van der Waals surface area (Å²) in [5, 5.41) is 11.5. The molecule has 5 rings (SSSR count). The standard InChI is InChI=1S/C27H30F2N6O/c1-15-6-17(8-19(30)7-15)21-4-5-32-12-25(21)35-27-33-11-20(34-27)2-3-24(31)26-22(28)9-16(10-23(26)29)18-13-36-14-18/h2-5,9-12,15,17-19,31H,6-8,13-14,30H2,1H3,(H2,33,34,35)/b3-2-,31-24?. The van der Waals surface area contributed by atoms with Crippen LogP contribution in [0.5, 0.6) is 0 Å². The zero-order valence-corrected chi connectivity index (χ0v) is 20.1. The molecule has 7 nitrogen and oxygen atoms in total. The van der Waals surface area contributed by atoms with Crippen LogP contribution in [0.2, 0.25) is 0 Å². The number of nitrogens with one attached hydrogen (secondary N) is 3. The fourth-order valence-corrected chi connectivity index (χ4v) is 5.16. The monoisotopic (exact) mass is 492 g/mol. The van der Waals surface area contributed by atoms with Gasteiger partial charge in [0.1, 0.15) is 11.6 Å². The number of ether oxygens (including phenoxy) is 1. The van der Waals surface area contributed by atoms with Crippen molar-refractivity contribution in [2.24, 2.45) is 11.7 Å². The lowest BCUT2D eigenvalue weighted by Gasteiger charge is -2.32. The summed E-state index contributed by atoms with van der Waals surface area (Å²) >= 11 is 0. The van der Waals surface area contributed by atoms with Crippen LogP contribution in [0.1, 0.15) is 60.4 Å². The normalized spacial score (nSPS) is 22.5. The molecule has 1 aliphatic carbocycles. The number of halogens is 2. The topological polar surface area (TPSA) is 113 Å². The van der Waals surface area contributed by atoms with Crippen LogP contribution in [-0.2, 0) is 4.74 Å². The Hall–Kier alpha value is -3.43. The largest absolute Gasteiger partial charge is 0.380 e. The molecule has 0 radical (unpaired) electrons. The summed E-state index contributed by atoms with van der Waals surface area (Å²) in [6.45, 7) is 3.15. The Balaban J connectivity index is 1.28. The number of rotatable bonds is 7. The summed E-state index contributed by atoms with van der Waals surface area (Å²) in [6, 6.07) is 4.79. The fourth-order valence-electron chi connectivity index (χ4n) is 5.16. The smallest absolute Gasteiger partial charge is 0.205 e. The molecule has 0 amide bonds. The molecule has 1 saturated heterocycles. The minimum atomic E-state index is -0.751. The van der Waals surface area contributed by atoms with E-state index in [1.54, 1.807) is 24.7 Å². The lowest BCUT2D eigenvalue weighted by Crippen LogP contribution is -2.31. The maximum Gasteiger partial charge on any atom is 0.205 e.